The molecule has 0 radical (unpaired) electrons. The van der Waals surface area contributed by atoms with E-state index in [1.165, 1.54) is 18.2 Å². The average Bonchev–Trinajstić information content (AvgIpc) is 2.68. The van der Waals surface area contributed by atoms with Gasteiger partial charge >= 0.3 is 0 Å². The Hall–Kier alpha value is -2.67. The van der Waals surface area contributed by atoms with Gasteiger partial charge in [-0.2, -0.15) is 0 Å². The second kappa shape index (κ2) is 8.35. The van der Waals surface area contributed by atoms with Crippen LogP contribution in [-0.2, 0) is 0 Å². The van der Waals surface area contributed by atoms with Gasteiger partial charge in [-0.1, -0.05) is 49.9 Å². The Balaban J connectivity index is 1.95. The fourth-order valence-corrected chi connectivity index (χ4v) is 3.88. The maximum atomic E-state index is 13.0. The van der Waals surface area contributed by atoms with Crippen molar-refractivity contribution in [3.05, 3.63) is 69.8 Å². The lowest BCUT2D eigenvalue weighted by atomic mass is 10.0. The van der Waals surface area contributed by atoms with Crippen LogP contribution in [0.3, 0.4) is 0 Å². The van der Waals surface area contributed by atoms with Crippen molar-refractivity contribution >= 4 is 34.2 Å². The number of carbonyl (C=O) groups excluding carboxylic acids is 1. The minimum absolute atomic E-state index is 0.0887. The molecule has 1 amide bonds. The number of benzene rings is 2. The zero-order valence-electron chi connectivity index (χ0n) is 15.3. The molecule has 0 spiro atoms. The fourth-order valence-electron chi connectivity index (χ4n) is 2.93. The number of hydrogen-bond acceptors (Lipinski definition) is 5. The molecule has 2 aromatic carbocycles. The molecule has 1 aliphatic heterocycles. The van der Waals surface area contributed by atoms with Crippen LogP contribution >= 0.6 is 11.8 Å². The van der Waals surface area contributed by atoms with Crippen molar-refractivity contribution < 1.29 is 9.72 Å². The zero-order valence-corrected chi connectivity index (χ0v) is 16.1. The second-order valence-electron chi connectivity index (χ2n) is 6.57. The topological polar surface area (TPSA) is 75.8 Å². The first kappa shape index (κ1) is 19.1. The van der Waals surface area contributed by atoms with Crippen molar-refractivity contribution in [2.75, 3.05) is 12.3 Å². The quantitative estimate of drug-likeness (QED) is 0.551. The maximum absolute atomic E-state index is 13.0. The summed E-state index contributed by atoms with van der Waals surface area (Å²) >= 11 is 1.54. The Kier molecular flexibility index (Phi) is 5.91. The number of hydrogen-bond donors (Lipinski definition) is 0. The molecule has 6 nitrogen and oxygen atoms in total. The highest BCUT2D eigenvalue weighted by atomic mass is 32.2. The van der Waals surface area contributed by atoms with Crippen LogP contribution in [0.15, 0.2) is 53.5 Å². The van der Waals surface area contributed by atoms with Crippen molar-refractivity contribution in [3.8, 4) is 0 Å². The number of non-ortho nitro benzene ring substituents is 1. The lowest BCUT2D eigenvalue weighted by Crippen LogP contribution is -2.39. The van der Waals surface area contributed by atoms with Crippen LogP contribution in [0.5, 0.6) is 0 Å². The van der Waals surface area contributed by atoms with Crippen LogP contribution in [-0.4, -0.2) is 33.2 Å². The van der Waals surface area contributed by atoms with Crippen molar-refractivity contribution in [3.63, 3.8) is 0 Å². The van der Waals surface area contributed by atoms with E-state index in [-0.39, 0.29) is 11.6 Å². The van der Waals surface area contributed by atoms with E-state index in [1.807, 2.05) is 24.3 Å². The van der Waals surface area contributed by atoms with Crippen molar-refractivity contribution in [1.29, 1.82) is 0 Å². The summed E-state index contributed by atoms with van der Waals surface area (Å²) in [5.41, 5.74) is 2.19. The minimum atomic E-state index is -0.490. The van der Waals surface area contributed by atoms with E-state index in [2.05, 4.69) is 13.8 Å². The van der Waals surface area contributed by atoms with Gasteiger partial charge < -0.3 is 0 Å². The summed E-state index contributed by atoms with van der Waals surface area (Å²) in [4.78, 5) is 29.9. The molecule has 7 heteroatoms. The van der Waals surface area contributed by atoms with Gasteiger partial charge in [-0.15, -0.1) is 0 Å². The van der Waals surface area contributed by atoms with E-state index in [4.69, 9.17) is 4.99 Å². The van der Waals surface area contributed by atoms with E-state index in [9.17, 15) is 14.9 Å². The summed E-state index contributed by atoms with van der Waals surface area (Å²) in [5, 5.41) is 11.7. The van der Waals surface area contributed by atoms with Gasteiger partial charge in [0, 0.05) is 30.0 Å². The SMILES string of the molecule is CC(C)c1ccccc1N=C1SCCCN1C(=O)c1cccc([N+](=O)[O-])c1. The lowest BCUT2D eigenvalue weighted by molar-refractivity contribution is -0.384. The molecule has 0 bridgehead atoms. The summed E-state index contributed by atoms with van der Waals surface area (Å²) in [7, 11) is 0. The van der Waals surface area contributed by atoms with Gasteiger partial charge in [-0.05, 0) is 30.0 Å². The molecule has 0 aromatic heterocycles. The molecule has 1 aliphatic rings. The van der Waals surface area contributed by atoms with Gasteiger partial charge in [0.05, 0.1) is 10.6 Å². The van der Waals surface area contributed by atoms with Gasteiger partial charge in [-0.3, -0.25) is 19.8 Å². The molecule has 0 unspecified atom stereocenters. The molecule has 140 valence electrons. The average molecular weight is 383 g/mol. The van der Waals surface area contributed by atoms with Crippen LogP contribution in [0.4, 0.5) is 11.4 Å². The Morgan fingerprint density at radius 3 is 2.74 bits per heavy atom. The fraction of sp³-hybridized carbons (Fsp3) is 0.300. The van der Waals surface area contributed by atoms with Gasteiger partial charge in [0.1, 0.15) is 0 Å². The number of nitro groups is 1. The summed E-state index contributed by atoms with van der Waals surface area (Å²) in [6, 6.07) is 13.8. The van der Waals surface area contributed by atoms with Gasteiger partial charge in [0.25, 0.3) is 11.6 Å². The third-order valence-electron chi connectivity index (χ3n) is 4.31. The first-order valence-electron chi connectivity index (χ1n) is 8.84. The first-order chi connectivity index (χ1) is 13.0. The van der Waals surface area contributed by atoms with Gasteiger partial charge in [0.15, 0.2) is 5.17 Å². The predicted octanol–water partition coefficient (Wildman–Crippen LogP) is 4.99. The number of thioether (sulfide) groups is 1. The summed E-state index contributed by atoms with van der Waals surface area (Å²) < 4.78 is 0. The maximum Gasteiger partial charge on any atom is 0.270 e. The molecule has 0 aliphatic carbocycles. The number of amides is 1. The van der Waals surface area contributed by atoms with Crippen molar-refractivity contribution in [2.45, 2.75) is 26.2 Å². The number of rotatable bonds is 4. The zero-order chi connectivity index (χ0) is 19.4. The molecular weight excluding hydrogens is 362 g/mol. The normalized spacial score (nSPS) is 16.0. The molecule has 3 rings (SSSR count). The van der Waals surface area contributed by atoms with E-state index in [0.29, 0.717) is 23.2 Å². The summed E-state index contributed by atoms with van der Waals surface area (Å²) in [6.07, 6.45) is 0.857. The highest BCUT2D eigenvalue weighted by Gasteiger charge is 2.26. The largest absolute Gasteiger partial charge is 0.287 e. The third kappa shape index (κ3) is 4.36. The van der Waals surface area contributed by atoms with E-state index in [1.54, 1.807) is 22.7 Å². The van der Waals surface area contributed by atoms with Crippen LogP contribution in [0.1, 0.15) is 42.1 Å². The second-order valence-corrected chi connectivity index (χ2v) is 7.64. The van der Waals surface area contributed by atoms with Crippen LogP contribution in [0, 0.1) is 10.1 Å². The Bertz CT molecular complexity index is 896. The third-order valence-corrected chi connectivity index (χ3v) is 5.37. The lowest BCUT2D eigenvalue weighted by Gasteiger charge is -2.28. The number of nitro benzene ring substituents is 1. The molecule has 27 heavy (non-hydrogen) atoms. The van der Waals surface area contributed by atoms with E-state index < -0.39 is 4.92 Å². The van der Waals surface area contributed by atoms with E-state index >= 15 is 0 Å². The van der Waals surface area contributed by atoms with Crippen molar-refractivity contribution in [2.24, 2.45) is 4.99 Å². The van der Waals surface area contributed by atoms with E-state index in [0.717, 1.165) is 23.4 Å². The Labute approximate surface area is 162 Å². The first-order valence-corrected chi connectivity index (χ1v) is 9.82. The highest BCUT2D eigenvalue weighted by molar-refractivity contribution is 8.13. The molecule has 1 saturated heterocycles. The molecule has 0 N–H and O–H groups in total. The molecule has 2 aromatic rings. The van der Waals surface area contributed by atoms with Crippen LogP contribution < -0.4 is 0 Å². The predicted molar refractivity (Wildman–Crippen MR) is 109 cm³/mol. The number of amidine groups is 1. The Morgan fingerprint density at radius 1 is 1.22 bits per heavy atom. The smallest absolute Gasteiger partial charge is 0.270 e. The van der Waals surface area contributed by atoms with Crippen LogP contribution in [0.2, 0.25) is 0 Å². The summed E-state index contributed by atoms with van der Waals surface area (Å²) in [6.45, 7) is 4.77. The van der Waals surface area contributed by atoms with Crippen LogP contribution in [0.25, 0.3) is 0 Å². The molecule has 0 saturated carbocycles. The van der Waals surface area contributed by atoms with Gasteiger partial charge in [-0.25, -0.2) is 4.99 Å². The number of aliphatic imine (C=N–C) groups is 1. The standard InChI is InChI=1S/C20H21N3O3S/c1-14(2)17-9-3-4-10-18(17)21-20-22(11-6-12-27-20)19(24)15-7-5-8-16(13-15)23(25)26/h3-5,7-10,13-14H,6,11-12H2,1-2H3. The number of carbonyl (C=O) groups is 1. The molecule has 1 heterocycles. The monoisotopic (exact) mass is 383 g/mol. The van der Waals surface area contributed by atoms with Crippen molar-refractivity contribution in [1.82, 2.24) is 4.90 Å². The molecule has 0 atom stereocenters. The van der Waals surface area contributed by atoms with Gasteiger partial charge in [0.2, 0.25) is 0 Å². The molecule has 1 fully saturated rings. The number of nitrogens with zero attached hydrogens (tertiary/aromatic N) is 3. The number of para-hydroxylation sites is 1. The Morgan fingerprint density at radius 2 is 2.00 bits per heavy atom. The highest BCUT2D eigenvalue weighted by Crippen LogP contribution is 2.30. The minimum Gasteiger partial charge on any atom is -0.287 e. The summed E-state index contributed by atoms with van der Waals surface area (Å²) in [5.74, 6) is 0.952. The molecular formula is C20H21N3O3S.